The Morgan fingerprint density at radius 3 is 2.06 bits per heavy atom. The van der Waals surface area contributed by atoms with Gasteiger partial charge in [0.05, 0.1) is 0 Å². The average molecular weight is 235 g/mol. The largest absolute Gasteiger partial charge is 0.396 e. The van der Waals surface area contributed by atoms with Crippen molar-refractivity contribution < 1.29 is 5.11 Å². The topological polar surface area (TPSA) is 23.5 Å². The Balaban J connectivity index is 2.63. The van der Waals surface area contributed by atoms with Crippen molar-refractivity contribution in [2.24, 2.45) is 0 Å². The predicted octanol–water partition coefficient (Wildman–Crippen LogP) is 3.24. The van der Waals surface area contributed by atoms with Crippen LogP contribution in [0.2, 0.25) is 0 Å². The lowest BCUT2D eigenvalue weighted by molar-refractivity contribution is 0.288. The SMILES string of the molecule is CCCN(CCC)c1ccc(CCCO)cc1. The fourth-order valence-corrected chi connectivity index (χ4v) is 2.07. The van der Waals surface area contributed by atoms with E-state index in [4.69, 9.17) is 5.11 Å². The highest BCUT2D eigenvalue weighted by Crippen LogP contribution is 2.16. The maximum Gasteiger partial charge on any atom is 0.0434 e. The first kappa shape index (κ1) is 14.0. The smallest absolute Gasteiger partial charge is 0.0434 e. The average Bonchev–Trinajstić information content (AvgIpc) is 2.37. The van der Waals surface area contributed by atoms with Crippen molar-refractivity contribution in [3.05, 3.63) is 29.8 Å². The minimum absolute atomic E-state index is 0.277. The molecule has 0 radical (unpaired) electrons. The van der Waals surface area contributed by atoms with Crippen LogP contribution in [0.4, 0.5) is 5.69 Å². The maximum atomic E-state index is 8.80. The molecule has 2 heteroatoms. The molecule has 0 aromatic heterocycles. The summed E-state index contributed by atoms with van der Waals surface area (Å²) in [6.07, 6.45) is 4.20. The summed E-state index contributed by atoms with van der Waals surface area (Å²) < 4.78 is 0. The molecule has 0 aliphatic rings. The number of benzene rings is 1. The van der Waals surface area contributed by atoms with E-state index in [1.165, 1.54) is 24.1 Å². The molecule has 0 saturated heterocycles. The van der Waals surface area contributed by atoms with Crippen molar-refractivity contribution in [3.8, 4) is 0 Å². The highest BCUT2D eigenvalue weighted by molar-refractivity contribution is 5.47. The minimum Gasteiger partial charge on any atom is -0.396 e. The van der Waals surface area contributed by atoms with E-state index in [0.717, 1.165) is 25.9 Å². The van der Waals surface area contributed by atoms with Crippen LogP contribution in [-0.4, -0.2) is 24.8 Å². The van der Waals surface area contributed by atoms with E-state index < -0.39 is 0 Å². The monoisotopic (exact) mass is 235 g/mol. The number of hydrogen-bond acceptors (Lipinski definition) is 2. The van der Waals surface area contributed by atoms with E-state index in [9.17, 15) is 0 Å². The zero-order valence-electron chi connectivity index (χ0n) is 11.2. The van der Waals surface area contributed by atoms with Crippen LogP contribution in [0.1, 0.15) is 38.7 Å². The molecule has 0 aliphatic carbocycles. The van der Waals surface area contributed by atoms with E-state index in [1.807, 2.05) is 0 Å². The van der Waals surface area contributed by atoms with Crippen LogP contribution in [0.5, 0.6) is 0 Å². The van der Waals surface area contributed by atoms with Gasteiger partial charge in [0, 0.05) is 25.4 Å². The van der Waals surface area contributed by atoms with Gasteiger partial charge in [0.15, 0.2) is 0 Å². The molecular formula is C15H25NO. The van der Waals surface area contributed by atoms with Crippen molar-refractivity contribution in [3.63, 3.8) is 0 Å². The third-order valence-corrected chi connectivity index (χ3v) is 2.91. The van der Waals surface area contributed by atoms with Gasteiger partial charge < -0.3 is 10.0 Å². The van der Waals surface area contributed by atoms with Crippen molar-refractivity contribution >= 4 is 5.69 Å². The van der Waals surface area contributed by atoms with Crippen LogP contribution in [-0.2, 0) is 6.42 Å². The van der Waals surface area contributed by atoms with E-state index >= 15 is 0 Å². The lowest BCUT2D eigenvalue weighted by atomic mass is 10.1. The number of anilines is 1. The molecular weight excluding hydrogens is 210 g/mol. The Kier molecular flexibility index (Phi) is 6.71. The minimum atomic E-state index is 0.277. The molecule has 0 fully saturated rings. The summed E-state index contributed by atoms with van der Waals surface area (Å²) in [7, 11) is 0. The van der Waals surface area contributed by atoms with Gasteiger partial charge in [-0.15, -0.1) is 0 Å². The quantitative estimate of drug-likeness (QED) is 0.747. The lowest BCUT2D eigenvalue weighted by Crippen LogP contribution is -2.24. The number of nitrogens with zero attached hydrogens (tertiary/aromatic N) is 1. The van der Waals surface area contributed by atoms with Crippen LogP contribution in [0, 0.1) is 0 Å². The fraction of sp³-hybridized carbons (Fsp3) is 0.600. The second kappa shape index (κ2) is 8.13. The molecule has 0 bridgehead atoms. The molecule has 0 aliphatic heterocycles. The zero-order valence-corrected chi connectivity index (χ0v) is 11.2. The molecule has 2 nitrogen and oxygen atoms in total. The van der Waals surface area contributed by atoms with E-state index in [2.05, 4.69) is 43.0 Å². The number of aryl methyl sites for hydroxylation is 1. The van der Waals surface area contributed by atoms with Gasteiger partial charge in [-0.05, 0) is 43.4 Å². The maximum absolute atomic E-state index is 8.80. The third kappa shape index (κ3) is 4.78. The number of rotatable bonds is 8. The van der Waals surface area contributed by atoms with Crippen LogP contribution >= 0.6 is 0 Å². The summed E-state index contributed by atoms with van der Waals surface area (Å²) in [6, 6.07) is 8.78. The summed E-state index contributed by atoms with van der Waals surface area (Å²) in [5.41, 5.74) is 2.64. The zero-order chi connectivity index (χ0) is 12.5. The number of aliphatic hydroxyl groups is 1. The highest BCUT2D eigenvalue weighted by atomic mass is 16.2. The molecule has 17 heavy (non-hydrogen) atoms. The van der Waals surface area contributed by atoms with E-state index in [-0.39, 0.29) is 6.61 Å². The molecule has 1 aromatic carbocycles. The van der Waals surface area contributed by atoms with Crippen molar-refractivity contribution in [2.45, 2.75) is 39.5 Å². The van der Waals surface area contributed by atoms with E-state index in [1.54, 1.807) is 0 Å². The van der Waals surface area contributed by atoms with Gasteiger partial charge in [-0.25, -0.2) is 0 Å². The fourth-order valence-electron chi connectivity index (χ4n) is 2.07. The molecule has 0 saturated carbocycles. The first-order valence-electron chi connectivity index (χ1n) is 6.76. The molecule has 1 aromatic rings. The van der Waals surface area contributed by atoms with Crippen molar-refractivity contribution in [1.82, 2.24) is 0 Å². The van der Waals surface area contributed by atoms with Gasteiger partial charge in [-0.1, -0.05) is 26.0 Å². The predicted molar refractivity (Wildman–Crippen MR) is 74.6 cm³/mol. The van der Waals surface area contributed by atoms with Crippen LogP contribution < -0.4 is 4.90 Å². The van der Waals surface area contributed by atoms with Gasteiger partial charge in [0.25, 0.3) is 0 Å². The second-order valence-electron chi connectivity index (χ2n) is 4.48. The Morgan fingerprint density at radius 2 is 1.59 bits per heavy atom. The van der Waals surface area contributed by atoms with Crippen molar-refractivity contribution in [1.29, 1.82) is 0 Å². The Labute approximate surface area is 105 Å². The molecule has 96 valence electrons. The molecule has 0 unspecified atom stereocenters. The Hall–Kier alpha value is -1.02. The van der Waals surface area contributed by atoms with Crippen molar-refractivity contribution in [2.75, 3.05) is 24.6 Å². The molecule has 1 N–H and O–H groups in total. The summed E-state index contributed by atoms with van der Waals surface area (Å²) >= 11 is 0. The summed E-state index contributed by atoms with van der Waals surface area (Å²) in [4.78, 5) is 2.44. The molecule has 0 atom stereocenters. The van der Waals surface area contributed by atoms with Gasteiger partial charge in [0.1, 0.15) is 0 Å². The normalized spacial score (nSPS) is 10.5. The highest BCUT2D eigenvalue weighted by Gasteiger charge is 2.03. The third-order valence-electron chi connectivity index (χ3n) is 2.91. The van der Waals surface area contributed by atoms with Crippen LogP contribution in [0.3, 0.4) is 0 Å². The standard InChI is InChI=1S/C15H25NO/c1-3-11-16(12-4-2)15-9-7-14(8-10-15)6-5-13-17/h7-10,17H,3-6,11-13H2,1-2H3. The second-order valence-corrected chi connectivity index (χ2v) is 4.48. The molecule has 1 rings (SSSR count). The number of aliphatic hydroxyl groups excluding tert-OH is 1. The Morgan fingerprint density at radius 1 is 1.00 bits per heavy atom. The van der Waals surface area contributed by atoms with Gasteiger partial charge in [-0.3, -0.25) is 0 Å². The molecule has 0 spiro atoms. The Bertz CT molecular complexity index is 288. The lowest BCUT2D eigenvalue weighted by Gasteiger charge is -2.24. The first-order chi connectivity index (χ1) is 8.31. The summed E-state index contributed by atoms with van der Waals surface area (Å²) in [5, 5.41) is 8.80. The number of hydrogen-bond donors (Lipinski definition) is 1. The van der Waals surface area contributed by atoms with Gasteiger partial charge >= 0.3 is 0 Å². The van der Waals surface area contributed by atoms with E-state index in [0.29, 0.717) is 0 Å². The van der Waals surface area contributed by atoms with Gasteiger partial charge in [0.2, 0.25) is 0 Å². The van der Waals surface area contributed by atoms with Crippen LogP contribution in [0.15, 0.2) is 24.3 Å². The van der Waals surface area contributed by atoms with Gasteiger partial charge in [-0.2, -0.15) is 0 Å². The summed E-state index contributed by atoms with van der Waals surface area (Å²) in [6.45, 7) is 6.98. The molecule has 0 amide bonds. The summed E-state index contributed by atoms with van der Waals surface area (Å²) in [5.74, 6) is 0. The molecule has 0 heterocycles. The van der Waals surface area contributed by atoms with Crippen LogP contribution in [0.25, 0.3) is 0 Å². The first-order valence-corrected chi connectivity index (χ1v) is 6.76.